The van der Waals surface area contributed by atoms with Crippen LogP contribution in [0.5, 0.6) is 0 Å². The van der Waals surface area contributed by atoms with Gasteiger partial charge in [-0.05, 0) is 12.1 Å². The van der Waals surface area contributed by atoms with E-state index in [-0.39, 0.29) is 35.3 Å². The smallest absolute Gasteiger partial charge is 0.292 e. The molecule has 22 heavy (non-hydrogen) atoms. The van der Waals surface area contributed by atoms with Crippen molar-refractivity contribution in [2.75, 3.05) is 45.0 Å². The minimum absolute atomic E-state index is 0. The van der Waals surface area contributed by atoms with Crippen LogP contribution in [0.1, 0.15) is 10.4 Å². The van der Waals surface area contributed by atoms with Crippen molar-refractivity contribution in [1.82, 2.24) is 15.5 Å². The number of halogens is 1. The molecular weight excluding hydrogens is 310 g/mol. The summed E-state index contributed by atoms with van der Waals surface area (Å²) in [5.41, 5.74) is 5.56. The fourth-order valence-corrected chi connectivity index (χ4v) is 2.21. The Labute approximate surface area is 134 Å². The molecule has 0 aliphatic carbocycles. The lowest BCUT2D eigenvalue weighted by Crippen LogP contribution is -2.46. The zero-order chi connectivity index (χ0) is 15.2. The molecule has 1 aromatic rings. The molecule has 0 unspecified atom stereocenters. The third-order valence-corrected chi connectivity index (χ3v) is 3.41. The second-order valence-electron chi connectivity index (χ2n) is 4.88. The number of nitrogens with one attached hydrogen (secondary N) is 2. The number of rotatable bonds is 5. The Bertz CT molecular complexity index is 534. The molecule has 1 aliphatic heterocycles. The van der Waals surface area contributed by atoms with E-state index in [1.807, 2.05) is 0 Å². The van der Waals surface area contributed by atoms with E-state index in [1.165, 1.54) is 18.2 Å². The van der Waals surface area contributed by atoms with Gasteiger partial charge in [-0.1, -0.05) is 0 Å². The first kappa shape index (κ1) is 18.1. The molecule has 2 rings (SSSR count). The van der Waals surface area contributed by atoms with Gasteiger partial charge in [0.2, 0.25) is 0 Å². The number of nitrogens with two attached hydrogens (primary N) is 1. The third-order valence-electron chi connectivity index (χ3n) is 3.41. The Morgan fingerprint density at radius 3 is 2.73 bits per heavy atom. The Morgan fingerprint density at radius 2 is 2.09 bits per heavy atom. The number of carbonyl (C=O) groups is 1. The number of piperazine rings is 1. The summed E-state index contributed by atoms with van der Waals surface area (Å²) >= 11 is 0. The zero-order valence-corrected chi connectivity index (χ0v) is 12.9. The number of benzene rings is 1. The largest absolute Gasteiger partial charge is 0.393 e. The van der Waals surface area contributed by atoms with Crippen molar-refractivity contribution in [2.45, 2.75) is 0 Å². The maximum Gasteiger partial charge on any atom is 0.292 e. The molecule has 1 heterocycles. The van der Waals surface area contributed by atoms with Crippen molar-refractivity contribution >= 4 is 29.7 Å². The van der Waals surface area contributed by atoms with Crippen molar-refractivity contribution in [3.63, 3.8) is 0 Å². The lowest BCUT2D eigenvalue weighted by molar-refractivity contribution is -0.383. The Kier molecular flexibility index (Phi) is 7.03. The standard InChI is InChI=1S/C13H19N5O3.ClH/c14-11-2-1-10(9-12(11)18(20)21)13(19)16-5-8-17-6-3-15-4-7-17;/h1-2,9,15H,3-8,14H2,(H,16,19);1H. The lowest BCUT2D eigenvalue weighted by atomic mass is 10.1. The number of nitrogens with zero attached hydrogens (tertiary/aromatic N) is 2. The second kappa shape index (κ2) is 8.52. The highest BCUT2D eigenvalue weighted by molar-refractivity contribution is 5.95. The molecule has 1 aliphatic rings. The van der Waals surface area contributed by atoms with Gasteiger partial charge in [-0.25, -0.2) is 0 Å². The van der Waals surface area contributed by atoms with Crippen LogP contribution >= 0.6 is 12.4 Å². The van der Waals surface area contributed by atoms with Gasteiger partial charge >= 0.3 is 0 Å². The molecule has 8 nitrogen and oxygen atoms in total. The monoisotopic (exact) mass is 329 g/mol. The Hall–Kier alpha value is -1.90. The highest BCUT2D eigenvalue weighted by atomic mass is 35.5. The highest BCUT2D eigenvalue weighted by Crippen LogP contribution is 2.22. The van der Waals surface area contributed by atoms with E-state index < -0.39 is 4.92 Å². The summed E-state index contributed by atoms with van der Waals surface area (Å²) in [6.07, 6.45) is 0. The average molecular weight is 330 g/mol. The number of nitrogen functional groups attached to an aromatic ring is 1. The minimum atomic E-state index is -0.590. The number of hydrogen-bond donors (Lipinski definition) is 3. The maximum absolute atomic E-state index is 12.0. The number of amides is 1. The first-order chi connectivity index (χ1) is 10.1. The summed E-state index contributed by atoms with van der Waals surface area (Å²) < 4.78 is 0. The van der Waals surface area contributed by atoms with Crippen molar-refractivity contribution in [3.05, 3.63) is 33.9 Å². The van der Waals surface area contributed by atoms with Crippen LogP contribution in [0.2, 0.25) is 0 Å². The van der Waals surface area contributed by atoms with Gasteiger partial charge in [-0.15, -0.1) is 12.4 Å². The van der Waals surface area contributed by atoms with Crippen molar-refractivity contribution < 1.29 is 9.72 Å². The zero-order valence-electron chi connectivity index (χ0n) is 12.1. The molecule has 0 bridgehead atoms. The van der Waals surface area contributed by atoms with Crippen LogP contribution in [0.25, 0.3) is 0 Å². The van der Waals surface area contributed by atoms with Gasteiger partial charge in [0, 0.05) is 50.9 Å². The van der Waals surface area contributed by atoms with Crippen LogP contribution < -0.4 is 16.4 Å². The van der Waals surface area contributed by atoms with Crippen LogP contribution in [0.3, 0.4) is 0 Å². The summed E-state index contributed by atoms with van der Waals surface area (Å²) in [6.45, 7) is 5.12. The Morgan fingerprint density at radius 1 is 1.41 bits per heavy atom. The SMILES string of the molecule is Cl.Nc1ccc(C(=O)NCCN2CCNCC2)cc1[N+](=O)[O-]. The molecule has 1 aromatic carbocycles. The molecule has 0 saturated carbocycles. The molecule has 122 valence electrons. The predicted molar refractivity (Wildman–Crippen MR) is 86.4 cm³/mol. The normalized spacial score (nSPS) is 14.9. The van der Waals surface area contributed by atoms with Crippen LogP contribution in [-0.2, 0) is 0 Å². The Balaban J connectivity index is 0.00000242. The summed E-state index contributed by atoms with van der Waals surface area (Å²) in [4.78, 5) is 24.4. The molecule has 0 radical (unpaired) electrons. The van der Waals surface area contributed by atoms with E-state index >= 15 is 0 Å². The number of nitro benzene ring substituents is 1. The molecule has 1 saturated heterocycles. The topological polar surface area (TPSA) is 114 Å². The number of hydrogen-bond acceptors (Lipinski definition) is 6. The molecule has 0 spiro atoms. The van der Waals surface area contributed by atoms with Crippen molar-refractivity contribution in [1.29, 1.82) is 0 Å². The van der Waals surface area contributed by atoms with Crippen LogP contribution in [0.15, 0.2) is 18.2 Å². The summed E-state index contributed by atoms with van der Waals surface area (Å²) in [5.74, 6) is -0.326. The summed E-state index contributed by atoms with van der Waals surface area (Å²) in [6, 6.07) is 4.07. The summed E-state index contributed by atoms with van der Waals surface area (Å²) in [7, 11) is 0. The fourth-order valence-electron chi connectivity index (χ4n) is 2.21. The van der Waals surface area contributed by atoms with Crippen molar-refractivity contribution in [2.24, 2.45) is 0 Å². The molecule has 1 amide bonds. The van der Waals surface area contributed by atoms with E-state index in [0.717, 1.165) is 32.7 Å². The molecule has 1 fully saturated rings. The molecule has 0 aromatic heterocycles. The minimum Gasteiger partial charge on any atom is -0.393 e. The number of nitro groups is 1. The number of carbonyl (C=O) groups excluding carboxylic acids is 1. The molecule has 0 atom stereocenters. The number of anilines is 1. The van der Waals surface area contributed by atoms with Gasteiger partial charge in [-0.2, -0.15) is 0 Å². The third kappa shape index (κ3) is 4.83. The van der Waals surface area contributed by atoms with Gasteiger partial charge in [0.25, 0.3) is 11.6 Å². The maximum atomic E-state index is 12.0. The molecule has 9 heteroatoms. The quantitative estimate of drug-likeness (QED) is 0.405. The van der Waals surface area contributed by atoms with Gasteiger partial charge in [0.1, 0.15) is 5.69 Å². The lowest BCUT2D eigenvalue weighted by Gasteiger charge is -2.27. The van der Waals surface area contributed by atoms with Gasteiger partial charge in [0.05, 0.1) is 4.92 Å². The van der Waals surface area contributed by atoms with Crippen LogP contribution in [0, 0.1) is 10.1 Å². The van der Waals surface area contributed by atoms with Crippen LogP contribution in [-0.4, -0.2) is 55.0 Å². The fraction of sp³-hybridized carbons (Fsp3) is 0.462. The van der Waals surface area contributed by atoms with E-state index in [2.05, 4.69) is 15.5 Å². The highest BCUT2D eigenvalue weighted by Gasteiger charge is 2.16. The van der Waals surface area contributed by atoms with E-state index in [1.54, 1.807) is 0 Å². The van der Waals surface area contributed by atoms with E-state index in [0.29, 0.717) is 6.54 Å². The molecular formula is C13H20ClN5O3. The van der Waals surface area contributed by atoms with Gasteiger partial charge in [0.15, 0.2) is 0 Å². The summed E-state index contributed by atoms with van der Waals surface area (Å²) in [5, 5.41) is 16.8. The average Bonchev–Trinajstić information content (AvgIpc) is 2.48. The van der Waals surface area contributed by atoms with E-state index in [9.17, 15) is 14.9 Å². The van der Waals surface area contributed by atoms with E-state index in [4.69, 9.17) is 5.73 Å². The van der Waals surface area contributed by atoms with Gasteiger partial charge < -0.3 is 16.4 Å². The van der Waals surface area contributed by atoms with Crippen molar-refractivity contribution in [3.8, 4) is 0 Å². The first-order valence-corrected chi connectivity index (χ1v) is 6.83. The predicted octanol–water partition coefficient (Wildman–Crippen LogP) is 0.234. The first-order valence-electron chi connectivity index (χ1n) is 6.83. The van der Waals surface area contributed by atoms with Gasteiger partial charge in [-0.3, -0.25) is 19.8 Å². The molecule has 4 N–H and O–H groups in total. The van der Waals surface area contributed by atoms with Crippen LogP contribution in [0.4, 0.5) is 11.4 Å². The second-order valence-corrected chi connectivity index (χ2v) is 4.88.